The largest absolute Gasteiger partial charge is 0.484 e. The average molecular weight is 417 g/mol. The summed E-state index contributed by atoms with van der Waals surface area (Å²) in [5.41, 5.74) is 0.437. The molecule has 1 aromatic rings. The Morgan fingerprint density at radius 2 is 1.97 bits per heavy atom. The van der Waals surface area contributed by atoms with Crippen molar-refractivity contribution >= 4 is 11.9 Å². The minimum Gasteiger partial charge on any atom is -0.484 e. The number of carboxylic acids is 1. The number of aliphatic carboxylic acids is 1. The SMILES string of the molecule is CC1CCN(C(=O)COc2ccc(CN3C[C@@H]4COCC[C@]4(C(=O)O)C3)cc2)CC1. The van der Waals surface area contributed by atoms with Crippen LogP contribution in [0.1, 0.15) is 31.7 Å². The molecule has 164 valence electrons. The maximum atomic E-state index is 12.3. The zero-order valence-corrected chi connectivity index (χ0v) is 17.7. The molecular formula is C23H32N2O5. The van der Waals surface area contributed by atoms with E-state index in [0.29, 0.717) is 44.4 Å². The number of nitrogens with zero attached hydrogens (tertiary/aromatic N) is 2. The van der Waals surface area contributed by atoms with Gasteiger partial charge in [0.05, 0.1) is 12.0 Å². The van der Waals surface area contributed by atoms with Crippen LogP contribution in [0.3, 0.4) is 0 Å². The van der Waals surface area contributed by atoms with Gasteiger partial charge in [0.2, 0.25) is 0 Å². The van der Waals surface area contributed by atoms with Crippen LogP contribution in [0.2, 0.25) is 0 Å². The summed E-state index contributed by atoms with van der Waals surface area (Å²) in [5, 5.41) is 9.80. The highest BCUT2D eigenvalue weighted by atomic mass is 16.5. The first-order chi connectivity index (χ1) is 14.5. The Balaban J connectivity index is 1.28. The van der Waals surface area contributed by atoms with Gasteiger partial charge in [0, 0.05) is 45.2 Å². The number of benzene rings is 1. The molecule has 1 aromatic carbocycles. The number of rotatable bonds is 6. The van der Waals surface area contributed by atoms with E-state index >= 15 is 0 Å². The molecule has 0 spiro atoms. The monoisotopic (exact) mass is 416 g/mol. The molecule has 0 unspecified atom stereocenters. The summed E-state index contributed by atoms with van der Waals surface area (Å²) < 4.78 is 11.2. The Morgan fingerprint density at radius 3 is 2.63 bits per heavy atom. The highest BCUT2D eigenvalue weighted by molar-refractivity contribution is 5.78. The number of carbonyl (C=O) groups is 2. The lowest BCUT2D eigenvalue weighted by Gasteiger charge is -2.34. The van der Waals surface area contributed by atoms with Gasteiger partial charge in [0.1, 0.15) is 5.75 Å². The average Bonchev–Trinajstić information content (AvgIpc) is 3.13. The fraction of sp³-hybridized carbons (Fsp3) is 0.652. The van der Waals surface area contributed by atoms with E-state index in [1.54, 1.807) is 0 Å². The zero-order chi connectivity index (χ0) is 21.1. The quantitative estimate of drug-likeness (QED) is 0.766. The van der Waals surface area contributed by atoms with E-state index in [-0.39, 0.29) is 18.4 Å². The molecule has 0 bridgehead atoms. The van der Waals surface area contributed by atoms with E-state index in [2.05, 4.69) is 11.8 Å². The van der Waals surface area contributed by atoms with E-state index in [4.69, 9.17) is 9.47 Å². The fourth-order valence-electron chi connectivity index (χ4n) is 4.97. The second kappa shape index (κ2) is 8.94. The van der Waals surface area contributed by atoms with E-state index in [1.165, 1.54) is 0 Å². The van der Waals surface area contributed by atoms with Crippen molar-refractivity contribution < 1.29 is 24.2 Å². The van der Waals surface area contributed by atoms with Crippen molar-refractivity contribution in [2.24, 2.45) is 17.3 Å². The van der Waals surface area contributed by atoms with E-state index in [1.807, 2.05) is 29.2 Å². The first-order valence-electron chi connectivity index (χ1n) is 11.0. The van der Waals surface area contributed by atoms with Crippen LogP contribution in [-0.4, -0.2) is 72.8 Å². The third-order valence-corrected chi connectivity index (χ3v) is 7.03. The van der Waals surface area contributed by atoms with Crippen molar-refractivity contribution in [2.45, 2.75) is 32.7 Å². The Morgan fingerprint density at radius 1 is 1.23 bits per heavy atom. The van der Waals surface area contributed by atoms with E-state index in [0.717, 1.165) is 38.0 Å². The molecule has 2 atom stereocenters. The third-order valence-electron chi connectivity index (χ3n) is 7.03. The minimum absolute atomic E-state index is 0.0480. The summed E-state index contributed by atoms with van der Waals surface area (Å²) in [6, 6.07) is 7.77. The molecule has 1 N–H and O–H groups in total. The fourth-order valence-corrected chi connectivity index (χ4v) is 4.97. The molecule has 0 radical (unpaired) electrons. The van der Waals surface area contributed by atoms with Crippen LogP contribution in [0, 0.1) is 17.3 Å². The number of fused-ring (bicyclic) bond motifs is 1. The number of carboxylic acid groups (broad SMARTS) is 1. The summed E-state index contributed by atoms with van der Waals surface area (Å²) in [4.78, 5) is 28.4. The smallest absolute Gasteiger partial charge is 0.311 e. The third kappa shape index (κ3) is 4.47. The van der Waals surface area contributed by atoms with Crippen molar-refractivity contribution in [1.29, 1.82) is 0 Å². The molecule has 3 aliphatic heterocycles. The van der Waals surface area contributed by atoms with Gasteiger partial charge in [-0.2, -0.15) is 0 Å². The maximum absolute atomic E-state index is 12.3. The topological polar surface area (TPSA) is 79.3 Å². The van der Waals surface area contributed by atoms with Crippen LogP contribution in [0.4, 0.5) is 0 Å². The number of amides is 1. The van der Waals surface area contributed by atoms with Crippen molar-refractivity contribution in [3.8, 4) is 5.75 Å². The molecule has 30 heavy (non-hydrogen) atoms. The molecule has 1 amide bonds. The van der Waals surface area contributed by atoms with Crippen LogP contribution in [0.25, 0.3) is 0 Å². The highest BCUT2D eigenvalue weighted by Gasteiger charge is 2.53. The molecule has 3 fully saturated rings. The highest BCUT2D eigenvalue weighted by Crippen LogP contribution is 2.42. The van der Waals surface area contributed by atoms with Crippen LogP contribution in [-0.2, 0) is 20.9 Å². The second-order valence-electron chi connectivity index (χ2n) is 9.15. The molecule has 3 saturated heterocycles. The molecule has 3 heterocycles. The predicted molar refractivity (Wildman–Crippen MR) is 111 cm³/mol. The Labute approximate surface area is 177 Å². The number of likely N-dealkylation sites (tertiary alicyclic amines) is 2. The van der Waals surface area contributed by atoms with Gasteiger partial charge in [-0.1, -0.05) is 19.1 Å². The van der Waals surface area contributed by atoms with Gasteiger partial charge in [-0.15, -0.1) is 0 Å². The van der Waals surface area contributed by atoms with Gasteiger partial charge >= 0.3 is 5.97 Å². The lowest BCUT2D eigenvalue weighted by molar-refractivity contribution is -0.157. The van der Waals surface area contributed by atoms with Crippen molar-refractivity contribution in [3.05, 3.63) is 29.8 Å². The van der Waals surface area contributed by atoms with Crippen LogP contribution >= 0.6 is 0 Å². The van der Waals surface area contributed by atoms with Gasteiger partial charge < -0.3 is 19.5 Å². The Hall–Kier alpha value is -2.12. The normalized spacial score (nSPS) is 27.6. The number of carbonyl (C=O) groups excluding carboxylic acids is 1. The molecule has 0 aromatic heterocycles. The number of piperidine rings is 1. The molecule has 3 aliphatic rings. The summed E-state index contributed by atoms with van der Waals surface area (Å²) in [5.74, 6) is 0.778. The van der Waals surface area contributed by atoms with E-state index in [9.17, 15) is 14.7 Å². The number of hydrogen-bond donors (Lipinski definition) is 1. The van der Waals surface area contributed by atoms with Gasteiger partial charge in [-0.25, -0.2) is 0 Å². The van der Waals surface area contributed by atoms with Crippen LogP contribution in [0.5, 0.6) is 5.75 Å². The molecule has 4 rings (SSSR count). The second-order valence-corrected chi connectivity index (χ2v) is 9.15. The maximum Gasteiger partial charge on any atom is 0.311 e. The van der Waals surface area contributed by atoms with Crippen molar-refractivity contribution in [3.63, 3.8) is 0 Å². The molecular weight excluding hydrogens is 384 g/mol. The van der Waals surface area contributed by atoms with E-state index < -0.39 is 11.4 Å². The van der Waals surface area contributed by atoms with Crippen molar-refractivity contribution in [2.75, 3.05) is 46.0 Å². The van der Waals surface area contributed by atoms with Gasteiger partial charge in [0.15, 0.2) is 6.61 Å². The Kier molecular flexibility index (Phi) is 6.29. The lowest BCUT2D eigenvalue weighted by Crippen LogP contribution is -2.44. The first-order valence-corrected chi connectivity index (χ1v) is 11.0. The zero-order valence-electron chi connectivity index (χ0n) is 17.7. The lowest BCUT2D eigenvalue weighted by atomic mass is 9.74. The molecule has 7 nitrogen and oxygen atoms in total. The Bertz CT molecular complexity index is 759. The van der Waals surface area contributed by atoms with Crippen LogP contribution < -0.4 is 4.74 Å². The number of ether oxygens (including phenoxy) is 2. The molecule has 0 aliphatic carbocycles. The minimum atomic E-state index is -0.699. The van der Waals surface area contributed by atoms with Gasteiger partial charge in [-0.05, 0) is 42.9 Å². The number of hydrogen-bond acceptors (Lipinski definition) is 5. The first kappa shape index (κ1) is 21.1. The summed E-state index contributed by atoms with van der Waals surface area (Å²) in [6.45, 7) is 7.01. The van der Waals surface area contributed by atoms with Gasteiger partial charge in [0.25, 0.3) is 5.91 Å². The van der Waals surface area contributed by atoms with Crippen molar-refractivity contribution in [1.82, 2.24) is 9.80 Å². The summed E-state index contributed by atoms with van der Waals surface area (Å²) in [6.07, 6.45) is 2.71. The predicted octanol–water partition coefficient (Wildman–Crippen LogP) is 2.25. The van der Waals surface area contributed by atoms with Gasteiger partial charge in [-0.3, -0.25) is 14.5 Å². The summed E-state index contributed by atoms with van der Waals surface area (Å²) >= 11 is 0. The standard InChI is InChI=1S/C23H32N2O5/c1-17-6-9-25(10-7-17)21(26)15-30-20-4-2-18(3-5-20)12-24-13-19-14-29-11-8-23(19,16-24)22(27)28/h2-5,17,19H,6-16H2,1H3,(H,27,28)/t19-,23+/m1/s1. The molecule has 0 saturated carbocycles. The van der Waals surface area contributed by atoms with Crippen LogP contribution in [0.15, 0.2) is 24.3 Å². The summed E-state index contributed by atoms with van der Waals surface area (Å²) in [7, 11) is 0. The molecule has 7 heteroatoms.